The van der Waals surface area contributed by atoms with Gasteiger partial charge in [0.2, 0.25) is 0 Å². The predicted octanol–water partition coefficient (Wildman–Crippen LogP) is 2.92. The normalized spacial score (nSPS) is 10.6. The van der Waals surface area contributed by atoms with Crippen LogP contribution in [0.2, 0.25) is 0 Å². The second kappa shape index (κ2) is 4.52. The molecule has 0 radical (unpaired) electrons. The van der Waals surface area contributed by atoms with E-state index in [2.05, 4.69) is 9.97 Å². The molecular weight excluding hydrogens is 339 g/mol. The molecule has 1 aromatic heterocycles. The highest BCUT2D eigenvalue weighted by Crippen LogP contribution is 2.22. The second-order valence-corrected chi connectivity index (χ2v) is 4.54. The van der Waals surface area contributed by atoms with Crippen molar-refractivity contribution < 1.29 is 8.78 Å². The number of nitrogen functional groups attached to an aromatic ring is 1. The number of rotatable bonds is 1. The van der Waals surface area contributed by atoms with Crippen molar-refractivity contribution in [1.29, 1.82) is 0 Å². The lowest BCUT2D eigenvalue weighted by molar-refractivity contribution is 0.509. The standard InChI is InChI=1S/C11H8F2IN3/c1-5-9(14)10(15)17-11(16-5)6-2-3-7(12)8(13)4-6/h2-4H,1H3,(H2,15,16,17). The van der Waals surface area contributed by atoms with Crippen molar-refractivity contribution in [2.75, 3.05) is 5.73 Å². The fourth-order valence-electron chi connectivity index (χ4n) is 1.35. The van der Waals surface area contributed by atoms with Crippen LogP contribution in [0, 0.1) is 22.1 Å². The van der Waals surface area contributed by atoms with E-state index in [-0.39, 0.29) is 0 Å². The van der Waals surface area contributed by atoms with E-state index in [1.165, 1.54) is 6.07 Å². The van der Waals surface area contributed by atoms with E-state index in [0.717, 1.165) is 15.7 Å². The number of benzene rings is 1. The maximum atomic E-state index is 13.1. The summed E-state index contributed by atoms with van der Waals surface area (Å²) in [6, 6.07) is 3.51. The van der Waals surface area contributed by atoms with Crippen LogP contribution in [0.5, 0.6) is 0 Å². The maximum absolute atomic E-state index is 13.1. The first-order valence-electron chi connectivity index (χ1n) is 4.74. The number of nitrogens with two attached hydrogens (primary N) is 1. The molecule has 2 rings (SSSR count). The first-order valence-corrected chi connectivity index (χ1v) is 5.82. The Morgan fingerprint density at radius 3 is 2.47 bits per heavy atom. The summed E-state index contributed by atoms with van der Waals surface area (Å²) in [7, 11) is 0. The van der Waals surface area contributed by atoms with Gasteiger partial charge in [-0.25, -0.2) is 18.7 Å². The van der Waals surface area contributed by atoms with Crippen molar-refractivity contribution in [1.82, 2.24) is 9.97 Å². The van der Waals surface area contributed by atoms with E-state index in [1.54, 1.807) is 6.92 Å². The Hall–Kier alpha value is -1.31. The molecule has 0 spiro atoms. The van der Waals surface area contributed by atoms with Gasteiger partial charge < -0.3 is 5.73 Å². The zero-order chi connectivity index (χ0) is 12.6. The molecule has 1 aromatic carbocycles. The SMILES string of the molecule is Cc1nc(-c2ccc(F)c(F)c2)nc(N)c1I. The Kier molecular flexibility index (Phi) is 3.23. The highest BCUT2D eigenvalue weighted by molar-refractivity contribution is 14.1. The van der Waals surface area contributed by atoms with Crippen LogP contribution in [0.25, 0.3) is 11.4 Å². The van der Waals surface area contributed by atoms with Crippen molar-refractivity contribution >= 4 is 28.4 Å². The quantitative estimate of drug-likeness (QED) is 0.807. The fraction of sp³-hybridized carbons (Fsp3) is 0.0909. The van der Waals surface area contributed by atoms with E-state index in [9.17, 15) is 8.78 Å². The number of aryl methyl sites for hydroxylation is 1. The number of hydrogen-bond acceptors (Lipinski definition) is 3. The Morgan fingerprint density at radius 1 is 1.18 bits per heavy atom. The Labute approximate surface area is 110 Å². The van der Waals surface area contributed by atoms with Gasteiger partial charge in [0, 0.05) is 5.56 Å². The van der Waals surface area contributed by atoms with Crippen LogP contribution in [0.1, 0.15) is 5.69 Å². The Balaban J connectivity index is 2.57. The van der Waals surface area contributed by atoms with E-state index < -0.39 is 11.6 Å². The van der Waals surface area contributed by atoms with Crippen molar-refractivity contribution in [3.05, 3.63) is 39.1 Å². The van der Waals surface area contributed by atoms with Gasteiger partial charge in [-0.15, -0.1) is 0 Å². The largest absolute Gasteiger partial charge is 0.383 e. The van der Waals surface area contributed by atoms with Crippen molar-refractivity contribution in [2.45, 2.75) is 6.92 Å². The van der Waals surface area contributed by atoms with Crippen molar-refractivity contribution in [2.24, 2.45) is 0 Å². The van der Waals surface area contributed by atoms with Gasteiger partial charge in [0.15, 0.2) is 17.5 Å². The van der Waals surface area contributed by atoms with Gasteiger partial charge in [0.25, 0.3) is 0 Å². The van der Waals surface area contributed by atoms with Crippen LogP contribution in [0.15, 0.2) is 18.2 Å². The number of nitrogens with zero attached hydrogens (tertiary/aromatic N) is 2. The monoisotopic (exact) mass is 347 g/mol. The molecule has 1 heterocycles. The zero-order valence-electron chi connectivity index (χ0n) is 8.84. The molecule has 0 amide bonds. The third kappa shape index (κ3) is 2.36. The smallest absolute Gasteiger partial charge is 0.161 e. The fourth-order valence-corrected chi connectivity index (χ4v) is 1.59. The lowest BCUT2D eigenvalue weighted by Gasteiger charge is -2.06. The lowest BCUT2D eigenvalue weighted by atomic mass is 10.2. The topological polar surface area (TPSA) is 51.8 Å². The van der Waals surface area contributed by atoms with E-state index in [4.69, 9.17) is 5.73 Å². The van der Waals surface area contributed by atoms with Crippen LogP contribution in [0.3, 0.4) is 0 Å². The van der Waals surface area contributed by atoms with Crippen molar-refractivity contribution in [3.8, 4) is 11.4 Å². The van der Waals surface area contributed by atoms with E-state index in [1.807, 2.05) is 22.6 Å². The molecule has 17 heavy (non-hydrogen) atoms. The summed E-state index contributed by atoms with van der Waals surface area (Å²) in [4.78, 5) is 8.23. The molecule has 0 bridgehead atoms. The minimum Gasteiger partial charge on any atom is -0.383 e. The van der Waals surface area contributed by atoms with Crippen molar-refractivity contribution in [3.63, 3.8) is 0 Å². The number of hydrogen-bond donors (Lipinski definition) is 1. The molecule has 2 aromatic rings. The first-order chi connectivity index (χ1) is 7.99. The van der Waals surface area contributed by atoms with Crippen LogP contribution in [-0.2, 0) is 0 Å². The molecule has 6 heteroatoms. The van der Waals surface area contributed by atoms with Gasteiger partial charge in [0.05, 0.1) is 9.26 Å². The van der Waals surface area contributed by atoms with Crippen LogP contribution in [0.4, 0.5) is 14.6 Å². The van der Waals surface area contributed by atoms with Gasteiger partial charge in [-0.2, -0.15) is 0 Å². The summed E-state index contributed by atoms with van der Waals surface area (Å²) >= 11 is 2.03. The van der Waals surface area contributed by atoms with Gasteiger partial charge >= 0.3 is 0 Å². The highest BCUT2D eigenvalue weighted by atomic mass is 127. The summed E-state index contributed by atoms with van der Waals surface area (Å²) in [5, 5.41) is 0. The molecule has 0 aliphatic heterocycles. The third-order valence-corrected chi connectivity index (χ3v) is 3.55. The van der Waals surface area contributed by atoms with Crippen LogP contribution < -0.4 is 5.73 Å². The summed E-state index contributed by atoms with van der Waals surface area (Å²) in [5.41, 5.74) is 6.80. The summed E-state index contributed by atoms with van der Waals surface area (Å²) < 4.78 is 26.6. The average Bonchev–Trinajstić information content (AvgIpc) is 2.29. The maximum Gasteiger partial charge on any atom is 0.161 e. The molecule has 88 valence electrons. The van der Waals surface area contributed by atoms with E-state index in [0.29, 0.717) is 22.9 Å². The number of halogens is 3. The molecule has 0 aliphatic rings. The van der Waals surface area contributed by atoms with Gasteiger partial charge in [-0.3, -0.25) is 0 Å². The van der Waals surface area contributed by atoms with Crippen LogP contribution in [-0.4, -0.2) is 9.97 Å². The molecule has 2 N–H and O–H groups in total. The molecule has 0 saturated heterocycles. The second-order valence-electron chi connectivity index (χ2n) is 3.46. The molecular formula is C11H8F2IN3. The molecule has 0 aliphatic carbocycles. The van der Waals surface area contributed by atoms with E-state index >= 15 is 0 Å². The minimum atomic E-state index is -0.930. The lowest BCUT2D eigenvalue weighted by Crippen LogP contribution is -2.02. The molecule has 0 fully saturated rings. The molecule has 0 unspecified atom stereocenters. The average molecular weight is 347 g/mol. The minimum absolute atomic E-state index is 0.291. The predicted molar refractivity (Wildman–Crippen MR) is 69.3 cm³/mol. The summed E-state index contributed by atoms with van der Waals surface area (Å²) in [6.45, 7) is 1.78. The van der Waals surface area contributed by atoms with Crippen LogP contribution >= 0.6 is 22.6 Å². The van der Waals surface area contributed by atoms with Gasteiger partial charge in [0.1, 0.15) is 5.82 Å². The summed E-state index contributed by atoms with van der Waals surface area (Å²) in [6.07, 6.45) is 0. The number of aromatic nitrogens is 2. The third-order valence-electron chi connectivity index (χ3n) is 2.22. The Bertz CT molecular complexity index is 564. The summed E-state index contributed by atoms with van der Waals surface area (Å²) in [5.74, 6) is -1.21. The Morgan fingerprint density at radius 2 is 1.88 bits per heavy atom. The first kappa shape index (κ1) is 12.2. The van der Waals surface area contributed by atoms with Gasteiger partial charge in [-0.1, -0.05) is 0 Å². The highest BCUT2D eigenvalue weighted by Gasteiger charge is 2.10. The van der Waals surface area contributed by atoms with Gasteiger partial charge in [-0.05, 0) is 47.7 Å². The molecule has 0 saturated carbocycles. The molecule has 3 nitrogen and oxygen atoms in total. The number of anilines is 1. The molecule has 0 atom stereocenters. The zero-order valence-corrected chi connectivity index (χ0v) is 11.0.